The van der Waals surface area contributed by atoms with E-state index < -0.39 is 11.4 Å². The minimum Gasteiger partial charge on any atom is -0.481 e. The fraction of sp³-hybridized carbons (Fsp3) is 0.667. The van der Waals surface area contributed by atoms with E-state index >= 15 is 0 Å². The van der Waals surface area contributed by atoms with Crippen molar-refractivity contribution in [2.24, 2.45) is 5.41 Å². The molecule has 0 bridgehead atoms. The van der Waals surface area contributed by atoms with E-state index in [1.165, 1.54) is 0 Å². The molecule has 1 N–H and O–H groups in total. The van der Waals surface area contributed by atoms with E-state index in [2.05, 4.69) is 10.2 Å². The highest BCUT2D eigenvalue weighted by atomic mass is 32.2. The summed E-state index contributed by atoms with van der Waals surface area (Å²) in [5.74, 6) is 0.00467. The predicted octanol–water partition coefficient (Wildman–Crippen LogP) is 2.44. The van der Waals surface area contributed by atoms with E-state index in [1.54, 1.807) is 36.9 Å². The molecule has 0 saturated heterocycles. The molecule has 15 heavy (non-hydrogen) atoms. The maximum atomic E-state index is 10.8. The highest BCUT2D eigenvalue weighted by molar-refractivity contribution is 8.01. The minimum absolute atomic E-state index is 0.631. The largest absolute Gasteiger partial charge is 0.481 e. The molecule has 0 aliphatic rings. The van der Waals surface area contributed by atoms with Crippen LogP contribution in [0.4, 0.5) is 0 Å². The van der Waals surface area contributed by atoms with Gasteiger partial charge in [0.2, 0.25) is 0 Å². The Morgan fingerprint density at radius 2 is 2.20 bits per heavy atom. The van der Waals surface area contributed by atoms with Gasteiger partial charge in [-0.1, -0.05) is 23.1 Å². The van der Waals surface area contributed by atoms with Gasteiger partial charge in [0.25, 0.3) is 0 Å². The van der Waals surface area contributed by atoms with Crippen molar-refractivity contribution in [3.05, 3.63) is 5.01 Å². The number of aryl methyl sites for hydroxylation is 1. The molecular formula is C9H14N2O2S2. The van der Waals surface area contributed by atoms with E-state index in [9.17, 15) is 4.79 Å². The number of aromatic nitrogens is 2. The number of carbonyl (C=O) groups is 1. The van der Waals surface area contributed by atoms with Crippen molar-refractivity contribution < 1.29 is 9.90 Å². The number of hydrogen-bond donors (Lipinski definition) is 1. The van der Waals surface area contributed by atoms with Gasteiger partial charge in [0.05, 0.1) is 5.41 Å². The van der Waals surface area contributed by atoms with Gasteiger partial charge in [-0.25, -0.2) is 0 Å². The van der Waals surface area contributed by atoms with Crippen molar-refractivity contribution in [3.63, 3.8) is 0 Å². The molecule has 0 spiro atoms. The van der Waals surface area contributed by atoms with Crippen molar-refractivity contribution in [2.45, 2.75) is 31.5 Å². The average molecular weight is 246 g/mol. The van der Waals surface area contributed by atoms with E-state index in [4.69, 9.17) is 5.11 Å². The fourth-order valence-electron chi connectivity index (χ4n) is 0.837. The molecule has 84 valence electrons. The summed E-state index contributed by atoms with van der Waals surface area (Å²) in [7, 11) is 0. The fourth-order valence-corrected chi connectivity index (χ4v) is 2.99. The second kappa shape index (κ2) is 4.94. The van der Waals surface area contributed by atoms with Gasteiger partial charge in [0.15, 0.2) is 4.34 Å². The van der Waals surface area contributed by atoms with Crippen LogP contribution in [0, 0.1) is 12.3 Å². The van der Waals surface area contributed by atoms with Gasteiger partial charge in [0, 0.05) is 5.75 Å². The summed E-state index contributed by atoms with van der Waals surface area (Å²) in [5, 5.41) is 17.7. The van der Waals surface area contributed by atoms with Gasteiger partial charge in [-0.15, -0.1) is 10.2 Å². The van der Waals surface area contributed by atoms with Crippen molar-refractivity contribution in [1.82, 2.24) is 10.2 Å². The van der Waals surface area contributed by atoms with Crippen LogP contribution in [-0.2, 0) is 4.79 Å². The molecule has 0 saturated carbocycles. The summed E-state index contributed by atoms with van der Waals surface area (Å²) in [5.41, 5.74) is -0.660. The van der Waals surface area contributed by atoms with Crippen LogP contribution in [0.25, 0.3) is 0 Å². The molecule has 0 aliphatic heterocycles. The van der Waals surface area contributed by atoms with Crippen LogP contribution in [-0.4, -0.2) is 27.0 Å². The van der Waals surface area contributed by atoms with Gasteiger partial charge in [-0.2, -0.15) is 0 Å². The van der Waals surface area contributed by atoms with Crippen molar-refractivity contribution in [3.8, 4) is 0 Å². The van der Waals surface area contributed by atoms with E-state index in [0.717, 1.165) is 15.1 Å². The maximum absolute atomic E-state index is 10.8. The molecule has 0 unspecified atom stereocenters. The second-order valence-electron chi connectivity index (χ2n) is 3.87. The molecule has 1 heterocycles. The molecule has 1 aromatic heterocycles. The van der Waals surface area contributed by atoms with Crippen LogP contribution in [0.3, 0.4) is 0 Å². The zero-order valence-corrected chi connectivity index (χ0v) is 10.6. The van der Waals surface area contributed by atoms with Gasteiger partial charge in [0.1, 0.15) is 5.01 Å². The molecule has 1 rings (SSSR count). The molecule has 0 atom stereocenters. The van der Waals surface area contributed by atoms with Gasteiger partial charge < -0.3 is 5.11 Å². The molecular weight excluding hydrogens is 232 g/mol. The summed E-state index contributed by atoms with van der Waals surface area (Å²) in [6, 6.07) is 0. The first-order valence-corrected chi connectivity index (χ1v) is 6.38. The lowest BCUT2D eigenvalue weighted by Crippen LogP contribution is -2.24. The number of nitrogens with zero attached hydrogens (tertiary/aromatic N) is 2. The van der Waals surface area contributed by atoms with E-state index in [0.29, 0.717) is 6.42 Å². The Morgan fingerprint density at radius 1 is 1.53 bits per heavy atom. The number of hydrogen-bond acceptors (Lipinski definition) is 5. The smallest absolute Gasteiger partial charge is 0.309 e. The normalized spacial score (nSPS) is 11.7. The summed E-state index contributed by atoms with van der Waals surface area (Å²) in [4.78, 5) is 10.8. The quantitative estimate of drug-likeness (QED) is 0.808. The Morgan fingerprint density at radius 3 is 2.67 bits per heavy atom. The first-order valence-electron chi connectivity index (χ1n) is 4.58. The van der Waals surface area contributed by atoms with E-state index in [1.807, 2.05) is 6.92 Å². The van der Waals surface area contributed by atoms with E-state index in [-0.39, 0.29) is 0 Å². The Balaban J connectivity index is 2.36. The molecule has 0 aromatic carbocycles. The zero-order valence-electron chi connectivity index (χ0n) is 8.98. The van der Waals surface area contributed by atoms with Crippen LogP contribution >= 0.6 is 23.1 Å². The minimum atomic E-state index is -0.753. The lowest BCUT2D eigenvalue weighted by molar-refractivity contribution is -0.146. The molecule has 0 radical (unpaired) electrons. The highest BCUT2D eigenvalue weighted by Crippen LogP contribution is 2.28. The van der Waals surface area contributed by atoms with Crippen molar-refractivity contribution >= 4 is 29.1 Å². The maximum Gasteiger partial charge on any atom is 0.309 e. The lowest BCUT2D eigenvalue weighted by Gasteiger charge is -2.17. The second-order valence-corrected chi connectivity index (χ2v) is 6.40. The van der Waals surface area contributed by atoms with Crippen LogP contribution in [0.15, 0.2) is 4.34 Å². The first kappa shape index (κ1) is 12.4. The third-order valence-corrected chi connectivity index (χ3v) is 4.01. The van der Waals surface area contributed by atoms with Crippen LogP contribution in [0.5, 0.6) is 0 Å². The summed E-state index contributed by atoms with van der Waals surface area (Å²) < 4.78 is 0.911. The van der Waals surface area contributed by atoms with Gasteiger partial charge >= 0.3 is 5.97 Å². The van der Waals surface area contributed by atoms with Gasteiger partial charge in [-0.05, 0) is 27.2 Å². The third-order valence-electron chi connectivity index (χ3n) is 2.04. The zero-order chi connectivity index (χ0) is 11.5. The number of rotatable bonds is 5. The highest BCUT2D eigenvalue weighted by Gasteiger charge is 2.26. The van der Waals surface area contributed by atoms with Crippen LogP contribution < -0.4 is 0 Å². The number of aliphatic carboxylic acids is 1. The first-order chi connectivity index (χ1) is 6.92. The molecule has 0 amide bonds. The Labute approximate surface area is 97.1 Å². The molecule has 4 nitrogen and oxygen atoms in total. The topological polar surface area (TPSA) is 63.1 Å². The van der Waals surface area contributed by atoms with Crippen molar-refractivity contribution in [2.75, 3.05) is 5.75 Å². The summed E-state index contributed by atoms with van der Waals surface area (Å²) >= 11 is 3.11. The Kier molecular flexibility index (Phi) is 4.10. The number of thioether (sulfide) groups is 1. The number of carboxylic acid groups (broad SMARTS) is 1. The SMILES string of the molecule is Cc1nnc(SCCC(C)(C)C(=O)O)s1. The Bertz CT molecular complexity index is 350. The van der Waals surface area contributed by atoms with Crippen LogP contribution in [0.1, 0.15) is 25.3 Å². The third kappa shape index (κ3) is 3.79. The monoisotopic (exact) mass is 246 g/mol. The number of carboxylic acids is 1. The molecule has 0 fully saturated rings. The van der Waals surface area contributed by atoms with Crippen molar-refractivity contribution in [1.29, 1.82) is 0 Å². The summed E-state index contributed by atoms with van der Waals surface area (Å²) in [6.45, 7) is 5.38. The van der Waals surface area contributed by atoms with Crippen LogP contribution in [0.2, 0.25) is 0 Å². The average Bonchev–Trinajstić information content (AvgIpc) is 2.51. The standard InChI is InChI=1S/C9H14N2O2S2/c1-6-10-11-8(15-6)14-5-4-9(2,3)7(12)13/h4-5H2,1-3H3,(H,12,13). The van der Waals surface area contributed by atoms with Gasteiger partial charge in [-0.3, -0.25) is 4.79 Å². The molecule has 1 aromatic rings. The Hall–Kier alpha value is -0.620. The lowest BCUT2D eigenvalue weighted by atomic mass is 9.91. The summed E-state index contributed by atoms with van der Waals surface area (Å²) in [6.07, 6.45) is 0.631. The predicted molar refractivity (Wildman–Crippen MR) is 61.4 cm³/mol. The molecule has 6 heteroatoms. The molecule has 0 aliphatic carbocycles.